The van der Waals surface area contributed by atoms with E-state index in [1.54, 1.807) is 0 Å². The Labute approximate surface area is 122 Å². The van der Waals surface area contributed by atoms with Gasteiger partial charge in [-0.1, -0.05) is 6.92 Å². The summed E-state index contributed by atoms with van der Waals surface area (Å²) in [5.41, 5.74) is 3.73. The Morgan fingerprint density at radius 3 is 2.63 bits per heavy atom. The SMILES string of the molecule is CCC(CSC)N(C)c1nc(C)cc(C)c1CNC. The van der Waals surface area contributed by atoms with E-state index >= 15 is 0 Å². The van der Waals surface area contributed by atoms with E-state index in [1.165, 1.54) is 11.1 Å². The summed E-state index contributed by atoms with van der Waals surface area (Å²) in [6.45, 7) is 7.36. The molecule has 1 heterocycles. The zero-order chi connectivity index (χ0) is 14.4. The van der Waals surface area contributed by atoms with Gasteiger partial charge in [0.15, 0.2) is 0 Å². The molecule has 0 saturated heterocycles. The Bertz CT molecular complexity index is 407. The fourth-order valence-electron chi connectivity index (χ4n) is 2.40. The lowest BCUT2D eigenvalue weighted by molar-refractivity contribution is 0.657. The molecule has 108 valence electrons. The monoisotopic (exact) mass is 281 g/mol. The average molecular weight is 281 g/mol. The summed E-state index contributed by atoms with van der Waals surface area (Å²) < 4.78 is 0. The van der Waals surface area contributed by atoms with Crippen molar-refractivity contribution in [3.63, 3.8) is 0 Å². The third-order valence-electron chi connectivity index (χ3n) is 3.52. The predicted octanol–water partition coefficient (Wildman–Crippen LogP) is 3.00. The van der Waals surface area contributed by atoms with Gasteiger partial charge in [-0.25, -0.2) is 4.98 Å². The maximum Gasteiger partial charge on any atom is 0.133 e. The van der Waals surface area contributed by atoms with Crippen LogP contribution in [0.15, 0.2) is 6.07 Å². The average Bonchev–Trinajstić information content (AvgIpc) is 2.38. The highest BCUT2D eigenvalue weighted by Crippen LogP contribution is 2.25. The molecule has 1 aromatic rings. The van der Waals surface area contributed by atoms with E-state index in [1.807, 2.05) is 18.8 Å². The van der Waals surface area contributed by atoms with Crippen molar-refractivity contribution in [2.45, 2.75) is 39.8 Å². The second-order valence-electron chi connectivity index (χ2n) is 5.04. The van der Waals surface area contributed by atoms with Crippen LogP contribution in [-0.4, -0.2) is 37.1 Å². The molecule has 0 spiro atoms. The van der Waals surface area contributed by atoms with Gasteiger partial charge in [0.1, 0.15) is 5.82 Å². The summed E-state index contributed by atoms with van der Waals surface area (Å²) in [6, 6.07) is 2.71. The number of hydrogen-bond acceptors (Lipinski definition) is 4. The Kier molecular flexibility index (Phi) is 6.66. The van der Waals surface area contributed by atoms with Crippen LogP contribution in [-0.2, 0) is 6.54 Å². The molecular formula is C15H27N3S. The van der Waals surface area contributed by atoms with Crippen LogP contribution in [0.2, 0.25) is 0 Å². The largest absolute Gasteiger partial charge is 0.356 e. The van der Waals surface area contributed by atoms with E-state index in [0.717, 1.165) is 30.2 Å². The molecule has 0 bridgehead atoms. The van der Waals surface area contributed by atoms with Gasteiger partial charge in [-0.05, 0) is 45.2 Å². The van der Waals surface area contributed by atoms with E-state index in [0.29, 0.717) is 6.04 Å². The molecule has 0 radical (unpaired) electrons. The zero-order valence-electron chi connectivity index (χ0n) is 13.1. The molecule has 19 heavy (non-hydrogen) atoms. The Morgan fingerprint density at radius 2 is 2.11 bits per heavy atom. The van der Waals surface area contributed by atoms with Crippen molar-refractivity contribution in [1.82, 2.24) is 10.3 Å². The molecule has 3 nitrogen and oxygen atoms in total. The maximum absolute atomic E-state index is 4.78. The zero-order valence-corrected chi connectivity index (χ0v) is 13.9. The number of nitrogens with one attached hydrogen (secondary N) is 1. The predicted molar refractivity (Wildman–Crippen MR) is 87.3 cm³/mol. The number of nitrogens with zero attached hydrogens (tertiary/aromatic N) is 2. The van der Waals surface area contributed by atoms with Gasteiger partial charge in [0.05, 0.1) is 0 Å². The Hall–Kier alpha value is -0.740. The van der Waals surface area contributed by atoms with Crippen LogP contribution < -0.4 is 10.2 Å². The molecule has 0 aliphatic carbocycles. The minimum atomic E-state index is 0.541. The first-order chi connectivity index (χ1) is 9.04. The molecule has 0 aliphatic rings. The van der Waals surface area contributed by atoms with Crippen LogP contribution in [0.1, 0.15) is 30.2 Å². The molecule has 0 aromatic carbocycles. The van der Waals surface area contributed by atoms with E-state index in [-0.39, 0.29) is 0 Å². The topological polar surface area (TPSA) is 28.2 Å². The summed E-state index contributed by atoms with van der Waals surface area (Å²) in [4.78, 5) is 7.13. The second-order valence-corrected chi connectivity index (χ2v) is 5.95. The van der Waals surface area contributed by atoms with Crippen LogP contribution in [0.5, 0.6) is 0 Å². The van der Waals surface area contributed by atoms with Crippen LogP contribution in [0.25, 0.3) is 0 Å². The smallest absolute Gasteiger partial charge is 0.133 e. The Balaban J connectivity index is 3.15. The van der Waals surface area contributed by atoms with Gasteiger partial charge in [-0.3, -0.25) is 0 Å². The molecule has 1 aromatic heterocycles. The summed E-state index contributed by atoms with van der Waals surface area (Å²) >= 11 is 1.90. The molecule has 4 heteroatoms. The van der Waals surface area contributed by atoms with Crippen molar-refractivity contribution in [2.75, 3.05) is 31.0 Å². The minimum Gasteiger partial charge on any atom is -0.356 e. The first kappa shape index (κ1) is 16.3. The van der Waals surface area contributed by atoms with Gasteiger partial charge in [-0.15, -0.1) is 0 Å². The number of aromatic nitrogens is 1. The number of pyridine rings is 1. The lowest BCUT2D eigenvalue weighted by Crippen LogP contribution is -2.35. The van der Waals surface area contributed by atoms with Crippen molar-refractivity contribution in [2.24, 2.45) is 0 Å². The maximum atomic E-state index is 4.78. The molecule has 1 rings (SSSR count). The van der Waals surface area contributed by atoms with Crippen molar-refractivity contribution in [3.8, 4) is 0 Å². The second kappa shape index (κ2) is 7.75. The number of hydrogen-bond donors (Lipinski definition) is 1. The summed E-state index contributed by atoms with van der Waals surface area (Å²) in [7, 11) is 4.16. The van der Waals surface area contributed by atoms with E-state index in [9.17, 15) is 0 Å². The lowest BCUT2D eigenvalue weighted by Gasteiger charge is -2.30. The molecule has 0 saturated carbocycles. The van der Waals surface area contributed by atoms with Gasteiger partial charge < -0.3 is 10.2 Å². The van der Waals surface area contributed by atoms with E-state index in [4.69, 9.17) is 4.98 Å². The summed E-state index contributed by atoms with van der Waals surface area (Å²) in [5.74, 6) is 2.27. The molecule has 1 unspecified atom stereocenters. The lowest BCUT2D eigenvalue weighted by atomic mass is 10.1. The first-order valence-corrected chi connectivity index (χ1v) is 8.28. The molecule has 1 atom stereocenters. The first-order valence-electron chi connectivity index (χ1n) is 6.88. The molecule has 0 fully saturated rings. The minimum absolute atomic E-state index is 0.541. The van der Waals surface area contributed by atoms with Crippen LogP contribution in [0.4, 0.5) is 5.82 Å². The van der Waals surface area contributed by atoms with Crippen LogP contribution in [0.3, 0.4) is 0 Å². The fraction of sp³-hybridized carbons (Fsp3) is 0.667. The Morgan fingerprint density at radius 1 is 1.42 bits per heavy atom. The molecule has 0 amide bonds. The highest BCUT2D eigenvalue weighted by Gasteiger charge is 2.18. The van der Waals surface area contributed by atoms with Crippen molar-refractivity contribution in [3.05, 3.63) is 22.9 Å². The molecular weight excluding hydrogens is 254 g/mol. The number of anilines is 1. The summed E-state index contributed by atoms with van der Waals surface area (Å²) in [6.07, 6.45) is 3.31. The van der Waals surface area contributed by atoms with Gasteiger partial charge in [0.25, 0.3) is 0 Å². The molecule has 0 aliphatic heterocycles. The number of rotatable bonds is 7. The van der Waals surface area contributed by atoms with Gasteiger partial charge >= 0.3 is 0 Å². The third kappa shape index (κ3) is 4.11. The van der Waals surface area contributed by atoms with Crippen molar-refractivity contribution >= 4 is 17.6 Å². The van der Waals surface area contributed by atoms with Crippen LogP contribution >= 0.6 is 11.8 Å². The van der Waals surface area contributed by atoms with Gasteiger partial charge in [0.2, 0.25) is 0 Å². The van der Waals surface area contributed by atoms with E-state index in [2.05, 4.69) is 50.4 Å². The third-order valence-corrected chi connectivity index (χ3v) is 4.24. The van der Waals surface area contributed by atoms with E-state index < -0.39 is 0 Å². The number of thioether (sulfide) groups is 1. The van der Waals surface area contributed by atoms with Crippen molar-refractivity contribution < 1.29 is 0 Å². The number of aryl methyl sites for hydroxylation is 2. The quantitative estimate of drug-likeness (QED) is 0.831. The summed E-state index contributed by atoms with van der Waals surface area (Å²) in [5, 5.41) is 3.26. The fourth-order valence-corrected chi connectivity index (χ4v) is 3.24. The highest BCUT2D eigenvalue weighted by atomic mass is 32.2. The highest BCUT2D eigenvalue weighted by molar-refractivity contribution is 7.98. The van der Waals surface area contributed by atoms with Gasteiger partial charge in [-0.2, -0.15) is 11.8 Å². The normalized spacial score (nSPS) is 12.5. The molecule has 1 N–H and O–H groups in total. The van der Waals surface area contributed by atoms with Crippen molar-refractivity contribution in [1.29, 1.82) is 0 Å². The van der Waals surface area contributed by atoms with Crippen LogP contribution in [0, 0.1) is 13.8 Å². The van der Waals surface area contributed by atoms with Gasteiger partial charge in [0, 0.05) is 36.6 Å². The standard InChI is InChI=1S/C15H27N3S/c1-7-13(10-19-6)18(5)15-14(9-16-4)11(2)8-12(3)17-15/h8,13,16H,7,9-10H2,1-6H3.